The van der Waals surface area contributed by atoms with Gasteiger partial charge in [0.05, 0.1) is 5.48 Å². The van der Waals surface area contributed by atoms with Crippen LogP contribution in [0.25, 0.3) is 98.8 Å². The molecule has 10 rings (SSSR count). The summed E-state index contributed by atoms with van der Waals surface area (Å²) in [7, 11) is 0. The number of benzene rings is 8. The second kappa shape index (κ2) is 9.94. The average molecular weight is 605 g/mol. The molecule has 0 radical (unpaired) electrons. The first-order valence-electron chi connectivity index (χ1n) is 17.8. The summed E-state index contributed by atoms with van der Waals surface area (Å²) in [6.45, 7) is 1.64. The molecule has 2 aromatic heterocycles. The van der Waals surface area contributed by atoms with Gasteiger partial charge in [0, 0.05) is 32.7 Å². The Balaban J connectivity index is 1.35. The molecular weight excluding hydrogens is 572 g/mol. The molecule has 0 fully saturated rings. The van der Waals surface area contributed by atoms with E-state index in [-0.39, 0.29) is 24.2 Å². The van der Waals surface area contributed by atoms with Gasteiger partial charge in [-0.25, -0.2) is 0 Å². The zero-order chi connectivity index (χ0) is 34.5. The van der Waals surface area contributed by atoms with Crippen molar-refractivity contribution in [3.63, 3.8) is 0 Å². The normalized spacial score (nSPS) is 13.1. The van der Waals surface area contributed by atoms with Crippen LogP contribution in [0.2, 0.25) is 0 Å². The third-order valence-electron chi connectivity index (χ3n) is 9.42. The molecule has 0 aliphatic rings. The summed E-state index contributed by atoms with van der Waals surface area (Å²) in [4.78, 5) is 0. The standard InChI is InChI=1S/C45H28O2/c1-27-21-23-28(24-22-27)41-30-12-2-4-14-32(30)42(33-15-5-3-13-31(33)41)38-26-25-36(45-43(38)37-16-7-9-20-40(37)47-45)35-18-10-17-34-29-11-6-8-19-39(29)46-44(34)35/h2-26H,1H3/i21D,22D,23D,24D. The first-order valence-corrected chi connectivity index (χ1v) is 15.8. The van der Waals surface area contributed by atoms with Crippen LogP contribution in [0, 0.1) is 6.92 Å². The molecule has 0 saturated carbocycles. The van der Waals surface area contributed by atoms with E-state index in [9.17, 15) is 0 Å². The minimum Gasteiger partial charge on any atom is -0.455 e. The highest BCUT2D eigenvalue weighted by molar-refractivity contribution is 6.27. The molecule has 0 aliphatic carbocycles. The van der Waals surface area contributed by atoms with Gasteiger partial charge in [-0.3, -0.25) is 0 Å². The van der Waals surface area contributed by atoms with Crippen LogP contribution in [0.1, 0.15) is 11.0 Å². The molecule has 2 heterocycles. The third-order valence-corrected chi connectivity index (χ3v) is 9.42. The van der Waals surface area contributed by atoms with Gasteiger partial charge in [0.15, 0.2) is 0 Å². The van der Waals surface area contributed by atoms with Gasteiger partial charge in [-0.05, 0) is 68.9 Å². The number of furan rings is 2. The summed E-state index contributed by atoms with van der Waals surface area (Å²) >= 11 is 0. The molecule has 0 bridgehead atoms. The fourth-order valence-corrected chi connectivity index (χ4v) is 7.40. The minimum atomic E-state index is -0.0381. The van der Waals surface area contributed by atoms with Crippen LogP contribution >= 0.6 is 0 Å². The molecule has 0 aliphatic heterocycles. The molecule has 8 aromatic carbocycles. The van der Waals surface area contributed by atoms with Crippen molar-refractivity contribution in [2.24, 2.45) is 0 Å². The number of hydrogen-bond donors (Lipinski definition) is 0. The smallest absolute Gasteiger partial charge is 0.144 e. The van der Waals surface area contributed by atoms with Crippen LogP contribution in [0.3, 0.4) is 0 Å². The maximum absolute atomic E-state index is 9.04. The first-order chi connectivity index (χ1) is 24.9. The van der Waals surface area contributed by atoms with E-state index in [2.05, 4.69) is 54.6 Å². The Bertz CT molecular complexity index is 3010. The van der Waals surface area contributed by atoms with Crippen molar-refractivity contribution < 1.29 is 14.3 Å². The summed E-state index contributed by atoms with van der Waals surface area (Å²) < 4.78 is 48.7. The molecule has 0 spiro atoms. The summed E-state index contributed by atoms with van der Waals surface area (Å²) in [5, 5.41) is 7.70. The van der Waals surface area contributed by atoms with Crippen molar-refractivity contribution in [2.45, 2.75) is 6.92 Å². The van der Waals surface area contributed by atoms with Gasteiger partial charge >= 0.3 is 0 Å². The Kier molecular flexibility index (Phi) is 4.74. The zero-order valence-corrected chi connectivity index (χ0v) is 25.4. The van der Waals surface area contributed by atoms with Gasteiger partial charge < -0.3 is 8.83 Å². The van der Waals surface area contributed by atoms with Gasteiger partial charge in [-0.1, -0.05) is 139 Å². The fourth-order valence-electron chi connectivity index (χ4n) is 7.40. The van der Waals surface area contributed by atoms with E-state index in [0.29, 0.717) is 16.7 Å². The van der Waals surface area contributed by atoms with Crippen molar-refractivity contribution in [2.75, 3.05) is 0 Å². The predicted octanol–water partition coefficient (Wildman–Crippen LogP) is 13.1. The van der Waals surface area contributed by atoms with Crippen LogP contribution < -0.4 is 0 Å². The quantitative estimate of drug-likeness (QED) is 0.188. The number of rotatable bonds is 3. The minimum absolute atomic E-state index is 0.0233. The van der Waals surface area contributed by atoms with Crippen LogP contribution in [-0.2, 0) is 0 Å². The first kappa shape index (κ1) is 22.4. The lowest BCUT2D eigenvalue weighted by atomic mass is 9.84. The molecule has 0 atom stereocenters. The van der Waals surface area contributed by atoms with E-state index in [0.717, 1.165) is 87.7 Å². The molecule has 2 nitrogen and oxygen atoms in total. The maximum Gasteiger partial charge on any atom is 0.144 e. The van der Waals surface area contributed by atoms with Crippen LogP contribution in [0.4, 0.5) is 0 Å². The van der Waals surface area contributed by atoms with E-state index in [1.807, 2.05) is 72.8 Å². The van der Waals surface area contributed by atoms with Gasteiger partial charge in [-0.2, -0.15) is 0 Å². The van der Waals surface area contributed by atoms with Crippen molar-refractivity contribution >= 4 is 65.4 Å². The van der Waals surface area contributed by atoms with Crippen molar-refractivity contribution in [3.05, 3.63) is 157 Å². The Hall–Kier alpha value is -6.12. The Labute approximate surface area is 276 Å². The monoisotopic (exact) mass is 604 g/mol. The Morgan fingerprint density at radius 1 is 0.404 bits per heavy atom. The van der Waals surface area contributed by atoms with Crippen LogP contribution in [-0.4, -0.2) is 0 Å². The molecule has 0 N–H and O–H groups in total. The van der Waals surface area contributed by atoms with E-state index in [4.69, 9.17) is 14.3 Å². The Morgan fingerprint density at radius 3 is 1.57 bits per heavy atom. The van der Waals surface area contributed by atoms with Crippen molar-refractivity contribution in [1.29, 1.82) is 0 Å². The van der Waals surface area contributed by atoms with Crippen molar-refractivity contribution in [3.8, 4) is 33.4 Å². The van der Waals surface area contributed by atoms with Crippen molar-refractivity contribution in [1.82, 2.24) is 0 Å². The van der Waals surface area contributed by atoms with Gasteiger partial charge in [0.1, 0.15) is 22.3 Å². The fraction of sp³-hybridized carbons (Fsp3) is 0.0222. The van der Waals surface area contributed by atoms with E-state index in [1.165, 1.54) is 0 Å². The summed E-state index contributed by atoms with van der Waals surface area (Å²) in [6.07, 6.45) is 0. The van der Waals surface area contributed by atoms with Crippen LogP contribution in [0.15, 0.2) is 160 Å². The largest absolute Gasteiger partial charge is 0.455 e. The van der Waals surface area contributed by atoms with E-state index < -0.39 is 0 Å². The molecule has 0 unspecified atom stereocenters. The molecule has 0 amide bonds. The second-order valence-electron chi connectivity index (χ2n) is 12.1. The molecule has 220 valence electrons. The van der Waals surface area contributed by atoms with E-state index >= 15 is 0 Å². The lowest BCUT2D eigenvalue weighted by Crippen LogP contribution is -1.92. The topological polar surface area (TPSA) is 26.3 Å². The summed E-state index contributed by atoms with van der Waals surface area (Å²) in [5.74, 6) is 0. The number of fused-ring (bicyclic) bond motifs is 8. The SMILES string of the molecule is [2H]c1c([2H])c(-c2c3ccccc3c(-c3ccc(-c4cccc5c4oc4ccccc45)c4oc5ccccc5c34)c3ccccc23)c([2H])c([2H])c1C. The second-order valence-corrected chi connectivity index (χ2v) is 12.1. The molecule has 47 heavy (non-hydrogen) atoms. The van der Waals surface area contributed by atoms with Gasteiger partial charge in [-0.15, -0.1) is 0 Å². The number of hydrogen-bond acceptors (Lipinski definition) is 2. The van der Waals surface area contributed by atoms with Gasteiger partial charge in [0.25, 0.3) is 0 Å². The lowest BCUT2D eigenvalue weighted by Gasteiger charge is -2.19. The van der Waals surface area contributed by atoms with Crippen LogP contribution in [0.5, 0.6) is 0 Å². The third kappa shape index (κ3) is 3.79. The highest BCUT2D eigenvalue weighted by Gasteiger charge is 2.23. The molecular formula is C45H28O2. The average Bonchev–Trinajstić information content (AvgIpc) is 3.75. The highest BCUT2D eigenvalue weighted by Crippen LogP contribution is 2.49. The predicted molar refractivity (Wildman–Crippen MR) is 197 cm³/mol. The lowest BCUT2D eigenvalue weighted by molar-refractivity contribution is 0.665. The van der Waals surface area contributed by atoms with Gasteiger partial charge in [0.2, 0.25) is 0 Å². The number of para-hydroxylation sites is 3. The maximum atomic E-state index is 9.04. The Morgan fingerprint density at radius 2 is 0.894 bits per heavy atom. The van der Waals surface area contributed by atoms with E-state index in [1.54, 1.807) is 6.92 Å². The molecule has 0 saturated heterocycles. The summed E-state index contributed by atoms with van der Waals surface area (Å²) in [5.41, 5.74) is 8.43. The molecule has 10 aromatic rings. The summed E-state index contributed by atoms with van der Waals surface area (Å²) in [6, 6.07) is 42.8. The highest BCUT2D eigenvalue weighted by atomic mass is 16.3. The molecule has 2 heteroatoms. The zero-order valence-electron chi connectivity index (χ0n) is 29.4.